The number of aromatic nitrogens is 4. The van der Waals surface area contributed by atoms with Crippen LogP contribution in [0.4, 0.5) is 5.69 Å². The summed E-state index contributed by atoms with van der Waals surface area (Å²) in [5.74, 6) is 0.822. The van der Waals surface area contributed by atoms with Crippen LogP contribution in [0.2, 0.25) is 0 Å². The fraction of sp³-hybridized carbons (Fsp3) is 0.192. The number of nitrogens with zero attached hydrogens (tertiary/aromatic N) is 4. The maximum Gasteiger partial charge on any atom is 0.234 e. The van der Waals surface area contributed by atoms with Crippen molar-refractivity contribution < 1.29 is 9.21 Å². The Bertz CT molecular complexity index is 1460. The molecule has 0 fully saturated rings. The van der Waals surface area contributed by atoms with Crippen molar-refractivity contribution >= 4 is 34.5 Å². The minimum atomic E-state index is -0.0912. The predicted molar refractivity (Wildman–Crippen MR) is 135 cm³/mol. The molecule has 3 aromatic heterocycles. The monoisotopic (exact) mass is 471 g/mol. The Kier molecular flexibility index (Phi) is 5.98. The summed E-state index contributed by atoms with van der Waals surface area (Å²) in [5.41, 5.74) is 6.74. The molecule has 34 heavy (non-hydrogen) atoms. The second-order valence-corrected chi connectivity index (χ2v) is 9.02. The van der Waals surface area contributed by atoms with Gasteiger partial charge in [0.25, 0.3) is 0 Å². The number of aryl methyl sites for hydroxylation is 3. The van der Waals surface area contributed by atoms with Gasteiger partial charge >= 0.3 is 0 Å². The van der Waals surface area contributed by atoms with E-state index in [9.17, 15) is 4.79 Å². The zero-order chi connectivity index (χ0) is 23.7. The van der Waals surface area contributed by atoms with E-state index in [2.05, 4.69) is 35.4 Å². The molecule has 5 aromatic rings. The van der Waals surface area contributed by atoms with Crippen LogP contribution >= 0.6 is 11.8 Å². The van der Waals surface area contributed by atoms with Gasteiger partial charge in [0.1, 0.15) is 0 Å². The van der Waals surface area contributed by atoms with E-state index in [1.165, 1.54) is 17.3 Å². The van der Waals surface area contributed by atoms with E-state index < -0.39 is 0 Å². The fourth-order valence-corrected chi connectivity index (χ4v) is 4.72. The van der Waals surface area contributed by atoms with Crippen molar-refractivity contribution in [1.82, 2.24) is 19.3 Å². The van der Waals surface area contributed by atoms with Gasteiger partial charge in [-0.3, -0.25) is 9.36 Å². The number of carbonyl (C=O) groups is 1. The molecule has 0 spiro atoms. The first-order valence-electron chi connectivity index (χ1n) is 11.1. The highest BCUT2D eigenvalue weighted by Crippen LogP contribution is 2.32. The number of rotatable bonds is 7. The molecule has 172 valence electrons. The number of amides is 1. The molecular formula is C26H25N5O2S. The van der Waals surface area contributed by atoms with Gasteiger partial charge in [0, 0.05) is 24.9 Å². The molecule has 3 heterocycles. The molecule has 0 aliphatic heterocycles. The Balaban J connectivity index is 1.45. The molecule has 0 radical (unpaired) electrons. The van der Waals surface area contributed by atoms with Gasteiger partial charge in [-0.05, 0) is 42.7 Å². The summed E-state index contributed by atoms with van der Waals surface area (Å²) in [4.78, 5) is 12.7. The lowest BCUT2D eigenvalue weighted by Gasteiger charge is -2.13. The molecular weight excluding hydrogens is 446 g/mol. The summed E-state index contributed by atoms with van der Waals surface area (Å²) in [6.07, 6.45) is 2.64. The third-order valence-corrected chi connectivity index (χ3v) is 6.79. The fourth-order valence-electron chi connectivity index (χ4n) is 3.98. The van der Waals surface area contributed by atoms with Crippen LogP contribution in [0.5, 0.6) is 0 Å². The molecule has 5 rings (SSSR count). The molecule has 0 saturated heterocycles. The van der Waals surface area contributed by atoms with E-state index in [1.54, 1.807) is 6.26 Å². The molecule has 7 nitrogen and oxygen atoms in total. The number of hydrogen-bond donors (Lipinski definition) is 1. The zero-order valence-corrected chi connectivity index (χ0v) is 20.1. The van der Waals surface area contributed by atoms with E-state index in [0.29, 0.717) is 11.0 Å². The van der Waals surface area contributed by atoms with Crippen LogP contribution in [0.1, 0.15) is 18.1 Å². The molecule has 0 aliphatic rings. The number of anilines is 1. The number of hydrogen-bond acceptors (Lipinski definition) is 5. The third-order valence-electron chi connectivity index (χ3n) is 5.86. The van der Waals surface area contributed by atoms with Crippen molar-refractivity contribution in [2.75, 3.05) is 11.1 Å². The average Bonchev–Trinajstić information content (AvgIpc) is 3.55. The van der Waals surface area contributed by atoms with Gasteiger partial charge in [0.2, 0.25) is 5.91 Å². The minimum Gasteiger partial charge on any atom is -0.463 e. The minimum absolute atomic E-state index is 0.0912. The van der Waals surface area contributed by atoms with E-state index in [0.717, 1.165) is 40.2 Å². The summed E-state index contributed by atoms with van der Waals surface area (Å²) < 4.78 is 9.64. The number of furan rings is 1. The maximum atomic E-state index is 12.7. The topological polar surface area (TPSA) is 77.9 Å². The summed E-state index contributed by atoms with van der Waals surface area (Å²) in [7, 11) is 1.98. The average molecular weight is 472 g/mol. The van der Waals surface area contributed by atoms with Crippen LogP contribution in [0.3, 0.4) is 0 Å². The van der Waals surface area contributed by atoms with E-state index >= 15 is 0 Å². The van der Waals surface area contributed by atoms with Crippen molar-refractivity contribution in [3.63, 3.8) is 0 Å². The second kappa shape index (κ2) is 9.23. The lowest BCUT2D eigenvalue weighted by atomic mass is 10.1. The highest BCUT2D eigenvalue weighted by Gasteiger charge is 2.22. The van der Waals surface area contributed by atoms with Crippen molar-refractivity contribution in [3.05, 3.63) is 78.1 Å². The standard InChI is InChI=1S/C26H25N5O2S/c1-4-18-9-11-19(12-10-18)27-24(32)16-34-26-29-28-25(31(26)20-8-6-5-7-17(20)2)22-15-23-21(30(22)3)13-14-33-23/h5-15H,4,16H2,1-3H3,(H,27,32). The second-order valence-electron chi connectivity index (χ2n) is 8.07. The van der Waals surface area contributed by atoms with Crippen molar-refractivity contribution in [1.29, 1.82) is 0 Å². The molecule has 1 amide bonds. The van der Waals surface area contributed by atoms with E-state index in [1.807, 2.05) is 70.8 Å². The van der Waals surface area contributed by atoms with Gasteiger partial charge in [-0.25, -0.2) is 0 Å². The Morgan fingerprint density at radius 2 is 1.88 bits per heavy atom. The number of nitrogens with one attached hydrogen (secondary N) is 1. The number of fused-ring (bicyclic) bond motifs is 1. The lowest BCUT2D eigenvalue weighted by molar-refractivity contribution is -0.113. The van der Waals surface area contributed by atoms with Crippen LogP contribution in [-0.2, 0) is 18.3 Å². The molecule has 2 aromatic carbocycles. The van der Waals surface area contributed by atoms with Crippen LogP contribution in [-0.4, -0.2) is 31.0 Å². The van der Waals surface area contributed by atoms with Crippen LogP contribution < -0.4 is 5.32 Å². The van der Waals surface area contributed by atoms with Crippen LogP contribution in [0.15, 0.2) is 76.5 Å². The zero-order valence-electron chi connectivity index (χ0n) is 19.3. The first-order valence-corrected chi connectivity index (χ1v) is 12.1. The van der Waals surface area contributed by atoms with Gasteiger partial charge in [-0.1, -0.05) is 49.0 Å². The molecule has 0 aliphatic carbocycles. The molecule has 0 bridgehead atoms. The first kappa shape index (κ1) is 22.0. The molecule has 0 atom stereocenters. The molecule has 8 heteroatoms. The lowest BCUT2D eigenvalue weighted by Crippen LogP contribution is -2.14. The molecule has 0 saturated carbocycles. The maximum absolute atomic E-state index is 12.7. The number of carbonyl (C=O) groups excluding carboxylic acids is 1. The number of benzene rings is 2. The van der Waals surface area contributed by atoms with Crippen LogP contribution in [0, 0.1) is 6.92 Å². The van der Waals surface area contributed by atoms with E-state index in [4.69, 9.17) is 4.42 Å². The Morgan fingerprint density at radius 3 is 2.62 bits per heavy atom. The van der Waals surface area contributed by atoms with Crippen molar-refractivity contribution in [2.45, 2.75) is 25.4 Å². The van der Waals surface area contributed by atoms with Gasteiger partial charge in [-0.15, -0.1) is 10.2 Å². The van der Waals surface area contributed by atoms with Gasteiger partial charge < -0.3 is 14.3 Å². The summed E-state index contributed by atoms with van der Waals surface area (Å²) in [6, 6.07) is 19.9. The Hall–Kier alpha value is -3.78. The molecule has 0 unspecified atom stereocenters. The number of para-hydroxylation sites is 1. The van der Waals surface area contributed by atoms with Crippen molar-refractivity contribution in [2.24, 2.45) is 7.05 Å². The largest absolute Gasteiger partial charge is 0.463 e. The Morgan fingerprint density at radius 1 is 1.09 bits per heavy atom. The van der Waals surface area contributed by atoms with Crippen molar-refractivity contribution in [3.8, 4) is 17.2 Å². The normalized spacial score (nSPS) is 11.3. The smallest absolute Gasteiger partial charge is 0.234 e. The summed E-state index contributed by atoms with van der Waals surface area (Å²) in [5, 5.41) is 12.6. The Labute approximate surface area is 201 Å². The van der Waals surface area contributed by atoms with Gasteiger partial charge in [0.05, 0.1) is 28.9 Å². The predicted octanol–water partition coefficient (Wildman–Crippen LogP) is 5.62. The highest BCUT2D eigenvalue weighted by molar-refractivity contribution is 7.99. The SMILES string of the molecule is CCc1ccc(NC(=O)CSc2nnc(-c3cc4occc4n3C)n2-c2ccccc2C)cc1. The van der Waals surface area contributed by atoms with Crippen LogP contribution in [0.25, 0.3) is 28.3 Å². The molecule has 1 N–H and O–H groups in total. The van der Waals surface area contributed by atoms with E-state index in [-0.39, 0.29) is 11.7 Å². The van der Waals surface area contributed by atoms with Gasteiger partial charge in [0.15, 0.2) is 16.6 Å². The quantitative estimate of drug-likeness (QED) is 0.312. The summed E-state index contributed by atoms with van der Waals surface area (Å²) >= 11 is 1.36. The number of thioether (sulfide) groups is 1. The highest BCUT2D eigenvalue weighted by atomic mass is 32.2. The summed E-state index contributed by atoms with van der Waals surface area (Å²) in [6.45, 7) is 4.16. The third kappa shape index (κ3) is 4.12. The first-order chi connectivity index (χ1) is 16.5. The van der Waals surface area contributed by atoms with Gasteiger partial charge in [-0.2, -0.15) is 0 Å².